The zero-order chi connectivity index (χ0) is 12.9. The van der Waals surface area contributed by atoms with Gasteiger partial charge in [0.1, 0.15) is 0 Å². The van der Waals surface area contributed by atoms with Crippen LogP contribution in [-0.2, 0) is 19.4 Å². The Hall–Kier alpha value is -0.900. The highest BCUT2D eigenvalue weighted by molar-refractivity contribution is 5.37. The van der Waals surface area contributed by atoms with E-state index in [1.807, 2.05) is 0 Å². The van der Waals surface area contributed by atoms with Crippen LogP contribution in [0.15, 0.2) is 18.2 Å². The van der Waals surface area contributed by atoms with E-state index in [9.17, 15) is 0 Å². The fourth-order valence-corrected chi connectivity index (χ4v) is 3.25. The quantitative estimate of drug-likeness (QED) is 0.850. The molecule has 0 atom stereocenters. The molecular formula is C16H25N3. The van der Waals surface area contributed by atoms with Crippen molar-refractivity contribution in [1.82, 2.24) is 15.5 Å². The fourth-order valence-electron chi connectivity index (χ4n) is 3.25. The van der Waals surface area contributed by atoms with Crippen LogP contribution in [0.4, 0.5) is 0 Å². The van der Waals surface area contributed by atoms with Crippen LogP contribution in [0, 0.1) is 0 Å². The van der Waals surface area contributed by atoms with Gasteiger partial charge in [0.2, 0.25) is 0 Å². The maximum absolute atomic E-state index is 3.50. The lowest BCUT2D eigenvalue weighted by molar-refractivity contribution is 0.238. The number of piperazine rings is 1. The van der Waals surface area contributed by atoms with Crippen molar-refractivity contribution < 1.29 is 0 Å². The third-order valence-corrected chi connectivity index (χ3v) is 4.37. The smallest absolute Gasteiger partial charge is 0.0211 e. The largest absolute Gasteiger partial charge is 0.314 e. The van der Waals surface area contributed by atoms with Gasteiger partial charge in [-0.2, -0.15) is 0 Å². The average Bonchev–Trinajstić information content (AvgIpc) is 2.49. The van der Waals surface area contributed by atoms with Crippen molar-refractivity contribution >= 4 is 0 Å². The van der Waals surface area contributed by atoms with Gasteiger partial charge in [0.15, 0.2) is 0 Å². The molecule has 0 aliphatic carbocycles. The summed E-state index contributed by atoms with van der Waals surface area (Å²) >= 11 is 0. The molecule has 2 heterocycles. The number of hydrogen-bond donors (Lipinski definition) is 2. The SMILES string of the molecule is c1cc(CCCN2CCNCC2)c2c(c1)CCNC2. The third-order valence-electron chi connectivity index (χ3n) is 4.37. The van der Waals surface area contributed by atoms with E-state index in [2.05, 4.69) is 33.7 Å². The van der Waals surface area contributed by atoms with E-state index in [0.717, 1.165) is 26.2 Å². The van der Waals surface area contributed by atoms with E-state index < -0.39 is 0 Å². The summed E-state index contributed by atoms with van der Waals surface area (Å²) in [5, 5.41) is 6.92. The number of benzene rings is 1. The summed E-state index contributed by atoms with van der Waals surface area (Å²) in [6, 6.07) is 6.86. The lowest BCUT2D eigenvalue weighted by Crippen LogP contribution is -2.43. The van der Waals surface area contributed by atoms with Crippen molar-refractivity contribution in [3.8, 4) is 0 Å². The molecule has 3 rings (SSSR count). The Kier molecular flexibility index (Phi) is 4.49. The van der Waals surface area contributed by atoms with Crippen LogP contribution in [0.3, 0.4) is 0 Å². The highest BCUT2D eigenvalue weighted by Gasteiger charge is 2.13. The first kappa shape index (κ1) is 13.1. The molecule has 3 nitrogen and oxygen atoms in total. The highest BCUT2D eigenvalue weighted by Crippen LogP contribution is 2.19. The van der Waals surface area contributed by atoms with E-state index in [0.29, 0.717) is 0 Å². The highest BCUT2D eigenvalue weighted by atomic mass is 15.2. The van der Waals surface area contributed by atoms with Crippen LogP contribution in [-0.4, -0.2) is 44.2 Å². The Balaban J connectivity index is 1.54. The molecule has 0 amide bonds. The molecule has 1 aromatic rings. The van der Waals surface area contributed by atoms with Gasteiger partial charge in [-0.05, 0) is 49.0 Å². The summed E-state index contributed by atoms with van der Waals surface area (Å²) < 4.78 is 0. The van der Waals surface area contributed by atoms with Gasteiger partial charge in [-0.25, -0.2) is 0 Å². The molecule has 2 N–H and O–H groups in total. The Morgan fingerprint density at radius 2 is 1.95 bits per heavy atom. The number of nitrogens with one attached hydrogen (secondary N) is 2. The Bertz CT molecular complexity index is 410. The van der Waals surface area contributed by atoms with Crippen LogP contribution in [0.1, 0.15) is 23.1 Å². The molecule has 0 radical (unpaired) electrons. The Labute approximate surface area is 116 Å². The molecule has 0 saturated carbocycles. The Morgan fingerprint density at radius 1 is 1.05 bits per heavy atom. The monoisotopic (exact) mass is 259 g/mol. The van der Waals surface area contributed by atoms with Crippen molar-refractivity contribution in [3.05, 3.63) is 34.9 Å². The molecule has 2 aliphatic heterocycles. The normalized spacial score (nSPS) is 20.2. The summed E-state index contributed by atoms with van der Waals surface area (Å²) in [6.07, 6.45) is 3.71. The van der Waals surface area contributed by atoms with Crippen LogP contribution >= 0.6 is 0 Å². The summed E-state index contributed by atoms with van der Waals surface area (Å²) in [7, 11) is 0. The molecule has 0 aromatic heterocycles. The lowest BCUT2D eigenvalue weighted by atomic mass is 9.93. The van der Waals surface area contributed by atoms with E-state index in [1.165, 1.54) is 38.9 Å². The molecule has 104 valence electrons. The molecule has 0 bridgehead atoms. The second-order valence-corrected chi connectivity index (χ2v) is 5.68. The zero-order valence-electron chi connectivity index (χ0n) is 11.8. The first-order valence-corrected chi connectivity index (χ1v) is 7.67. The molecule has 3 heteroatoms. The van der Waals surface area contributed by atoms with Gasteiger partial charge < -0.3 is 15.5 Å². The van der Waals surface area contributed by atoms with E-state index >= 15 is 0 Å². The van der Waals surface area contributed by atoms with Crippen LogP contribution in [0.5, 0.6) is 0 Å². The van der Waals surface area contributed by atoms with Crippen molar-refractivity contribution in [2.75, 3.05) is 39.3 Å². The van der Waals surface area contributed by atoms with Gasteiger partial charge in [-0.3, -0.25) is 0 Å². The molecule has 19 heavy (non-hydrogen) atoms. The van der Waals surface area contributed by atoms with Gasteiger partial charge >= 0.3 is 0 Å². The van der Waals surface area contributed by atoms with Crippen LogP contribution in [0.25, 0.3) is 0 Å². The zero-order valence-corrected chi connectivity index (χ0v) is 11.8. The lowest BCUT2D eigenvalue weighted by Gasteiger charge is -2.27. The standard InChI is InChI=1S/C16H25N3/c1-3-14(16-13-18-7-6-15(16)4-1)5-2-10-19-11-8-17-9-12-19/h1,3-4,17-18H,2,5-13H2. The van der Waals surface area contributed by atoms with Crippen LogP contribution in [0.2, 0.25) is 0 Å². The summed E-state index contributed by atoms with van der Waals surface area (Å²) in [4.78, 5) is 2.59. The molecule has 0 spiro atoms. The fraction of sp³-hybridized carbons (Fsp3) is 0.625. The van der Waals surface area contributed by atoms with E-state index in [1.54, 1.807) is 16.7 Å². The molecule has 1 aromatic carbocycles. The minimum atomic E-state index is 1.07. The van der Waals surface area contributed by atoms with Crippen molar-refractivity contribution in [1.29, 1.82) is 0 Å². The van der Waals surface area contributed by atoms with Crippen LogP contribution < -0.4 is 10.6 Å². The summed E-state index contributed by atoms with van der Waals surface area (Å²) in [6.45, 7) is 8.20. The maximum Gasteiger partial charge on any atom is 0.0211 e. The number of rotatable bonds is 4. The van der Waals surface area contributed by atoms with Crippen molar-refractivity contribution in [2.45, 2.75) is 25.8 Å². The molecule has 2 aliphatic rings. The Morgan fingerprint density at radius 3 is 2.84 bits per heavy atom. The molecule has 0 unspecified atom stereocenters. The minimum Gasteiger partial charge on any atom is -0.314 e. The van der Waals surface area contributed by atoms with E-state index in [-0.39, 0.29) is 0 Å². The van der Waals surface area contributed by atoms with E-state index in [4.69, 9.17) is 0 Å². The van der Waals surface area contributed by atoms with Crippen molar-refractivity contribution in [2.24, 2.45) is 0 Å². The molecule has 1 saturated heterocycles. The van der Waals surface area contributed by atoms with Gasteiger partial charge in [-0.1, -0.05) is 18.2 Å². The van der Waals surface area contributed by atoms with Gasteiger partial charge in [0.25, 0.3) is 0 Å². The number of fused-ring (bicyclic) bond motifs is 1. The number of hydrogen-bond acceptors (Lipinski definition) is 3. The second-order valence-electron chi connectivity index (χ2n) is 5.68. The topological polar surface area (TPSA) is 27.3 Å². The van der Waals surface area contributed by atoms with Gasteiger partial charge in [0, 0.05) is 32.7 Å². The van der Waals surface area contributed by atoms with Gasteiger partial charge in [-0.15, -0.1) is 0 Å². The predicted octanol–water partition coefficient (Wildman–Crippen LogP) is 1.17. The predicted molar refractivity (Wildman–Crippen MR) is 79.5 cm³/mol. The first-order chi connectivity index (χ1) is 9.43. The maximum atomic E-state index is 3.50. The number of aryl methyl sites for hydroxylation is 1. The average molecular weight is 259 g/mol. The second kappa shape index (κ2) is 6.51. The minimum absolute atomic E-state index is 1.07. The van der Waals surface area contributed by atoms with Gasteiger partial charge in [0.05, 0.1) is 0 Å². The molecular weight excluding hydrogens is 234 g/mol. The number of nitrogens with zero attached hydrogens (tertiary/aromatic N) is 1. The first-order valence-electron chi connectivity index (χ1n) is 7.67. The third kappa shape index (κ3) is 3.35. The summed E-state index contributed by atoms with van der Waals surface area (Å²) in [5.41, 5.74) is 4.72. The summed E-state index contributed by atoms with van der Waals surface area (Å²) in [5.74, 6) is 0. The molecule has 1 fully saturated rings. The van der Waals surface area contributed by atoms with Crippen molar-refractivity contribution in [3.63, 3.8) is 0 Å².